The SMILES string of the molecule is NNC(Cc1ccsc1)c1ccc(Cl)cc1. The lowest BCUT2D eigenvalue weighted by Gasteiger charge is -2.15. The average molecular weight is 253 g/mol. The van der Waals surface area contributed by atoms with E-state index < -0.39 is 0 Å². The molecule has 0 saturated heterocycles. The molecule has 4 heteroatoms. The van der Waals surface area contributed by atoms with Crippen molar-refractivity contribution >= 4 is 22.9 Å². The van der Waals surface area contributed by atoms with Crippen LogP contribution in [0.25, 0.3) is 0 Å². The molecule has 0 saturated carbocycles. The number of nitrogens with one attached hydrogen (secondary N) is 1. The zero-order valence-electron chi connectivity index (χ0n) is 8.69. The Bertz CT molecular complexity index is 425. The molecular formula is C12H13ClN2S. The lowest BCUT2D eigenvalue weighted by atomic mass is 10.0. The maximum absolute atomic E-state index is 5.85. The zero-order valence-corrected chi connectivity index (χ0v) is 10.3. The Balaban J connectivity index is 2.13. The van der Waals surface area contributed by atoms with Crippen LogP contribution in [0, 0.1) is 0 Å². The summed E-state index contributed by atoms with van der Waals surface area (Å²) in [5.74, 6) is 5.58. The second-order valence-electron chi connectivity index (χ2n) is 3.61. The van der Waals surface area contributed by atoms with E-state index in [2.05, 4.69) is 22.3 Å². The van der Waals surface area contributed by atoms with E-state index in [0.29, 0.717) is 0 Å². The van der Waals surface area contributed by atoms with E-state index in [9.17, 15) is 0 Å². The lowest BCUT2D eigenvalue weighted by molar-refractivity contribution is 0.552. The van der Waals surface area contributed by atoms with Gasteiger partial charge in [-0.2, -0.15) is 11.3 Å². The van der Waals surface area contributed by atoms with Gasteiger partial charge in [-0.15, -0.1) is 0 Å². The van der Waals surface area contributed by atoms with Gasteiger partial charge in [0.25, 0.3) is 0 Å². The van der Waals surface area contributed by atoms with E-state index in [-0.39, 0.29) is 6.04 Å². The van der Waals surface area contributed by atoms with Crippen LogP contribution in [0.15, 0.2) is 41.1 Å². The molecule has 84 valence electrons. The van der Waals surface area contributed by atoms with Crippen LogP contribution >= 0.6 is 22.9 Å². The Morgan fingerprint density at radius 1 is 1.25 bits per heavy atom. The van der Waals surface area contributed by atoms with Crippen LogP contribution in [0.3, 0.4) is 0 Å². The quantitative estimate of drug-likeness (QED) is 0.648. The number of rotatable bonds is 4. The summed E-state index contributed by atoms with van der Waals surface area (Å²) in [5.41, 5.74) is 5.28. The Hall–Kier alpha value is -0.870. The minimum absolute atomic E-state index is 0.131. The molecule has 0 aliphatic carbocycles. The van der Waals surface area contributed by atoms with Gasteiger partial charge in [0.15, 0.2) is 0 Å². The molecule has 0 aliphatic heterocycles. The van der Waals surface area contributed by atoms with Crippen LogP contribution in [0.1, 0.15) is 17.2 Å². The first-order chi connectivity index (χ1) is 7.79. The van der Waals surface area contributed by atoms with Crippen molar-refractivity contribution in [3.63, 3.8) is 0 Å². The summed E-state index contributed by atoms with van der Waals surface area (Å²) in [6, 6.07) is 10.0. The number of hydrogen-bond donors (Lipinski definition) is 2. The zero-order chi connectivity index (χ0) is 11.4. The molecule has 0 spiro atoms. The summed E-state index contributed by atoms with van der Waals surface area (Å²) in [6.07, 6.45) is 0.891. The second kappa shape index (κ2) is 5.46. The Labute approximate surface area is 104 Å². The van der Waals surface area contributed by atoms with Crippen molar-refractivity contribution in [2.75, 3.05) is 0 Å². The Kier molecular flexibility index (Phi) is 3.96. The first-order valence-electron chi connectivity index (χ1n) is 5.02. The van der Waals surface area contributed by atoms with E-state index in [1.165, 1.54) is 5.56 Å². The summed E-state index contributed by atoms with van der Waals surface area (Å²) in [4.78, 5) is 0. The molecule has 2 nitrogen and oxygen atoms in total. The predicted octanol–water partition coefficient (Wildman–Crippen LogP) is 3.15. The molecule has 1 aromatic carbocycles. The maximum atomic E-state index is 5.85. The van der Waals surface area contributed by atoms with Gasteiger partial charge in [0, 0.05) is 5.02 Å². The van der Waals surface area contributed by atoms with Crippen LogP contribution in [0.5, 0.6) is 0 Å². The number of thiophene rings is 1. The van der Waals surface area contributed by atoms with E-state index in [0.717, 1.165) is 17.0 Å². The average Bonchev–Trinajstić information content (AvgIpc) is 2.80. The third-order valence-electron chi connectivity index (χ3n) is 2.49. The van der Waals surface area contributed by atoms with Gasteiger partial charge < -0.3 is 0 Å². The molecule has 1 heterocycles. The predicted molar refractivity (Wildman–Crippen MR) is 69.5 cm³/mol. The molecule has 0 amide bonds. The van der Waals surface area contributed by atoms with Crippen LogP contribution in [0.2, 0.25) is 5.02 Å². The van der Waals surface area contributed by atoms with Gasteiger partial charge in [0.1, 0.15) is 0 Å². The Morgan fingerprint density at radius 3 is 2.56 bits per heavy atom. The molecule has 0 radical (unpaired) electrons. The summed E-state index contributed by atoms with van der Waals surface area (Å²) >= 11 is 7.55. The monoisotopic (exact) mass is 252 g/mol. The molecule has 0 fully saturated rings. The van der Waals surface area contributed by atoms with Gasteiger partial charge in [-0.05, 0) is 46.5 Å². The molecule has 1 atom stereocenters. The normalized spacial score (nSPS) is 12.6. The fraction of sp³-hybridized carbons (Fsp3) is 0.167. The third-order valence-corrected chi connectivity index (χ3v) is 3.48. The molecule has 2 aromatic rings. The van der Waals surface area contributed by atoms with E-state index in [4.69, 9.17) is 17.4 Å². The Morgan fingerprint density at radius 2 is 2.00 bits per heavy atom. The number of hydrogen-bond acceptors (Lipinski definition) is 3. The standard InChI is InChI=1S/C12H13ClN2S/c13-11-3-1-10(2-4-11)12(15-14)7-9-5-6-16-8-9/h1-6,8,12,15H,7,14H2. The minimum Gasteiger partial charge on any atom is -0.271 e. The highest BCUT2D eigenvalue weighted by Gasteiger charge is 2.10. The maximum Gasteiger partial charge on any atom is 0.0500 e. The smallest absolute Gasteiger partial charge is 0.0500 e. The van der Waals surface area contributed by atoms with Crippen molar-refractivity contribution in [1.29, 1.82) is 0 Å². The molecule has 0 aliphatic rings. The highest BCUT2D eigenvalue weighted by molar-refractivity contribution is 7.07. The van der Waals surface area contributed by atoms with Gasteiger partial charge in [-0.3, -0.25) is 11.3 Å². The molecule has 0 bridgehead atoms. The molecule has 1 unspecified atom stereocenters. The topological polar surface area (TPSA) is 38.0 Å². The largest absolute Gasteiger partial charge is 0.271 e. The van der Waals surface area contributed by atoms with Crippen molar-refractivity contribution < 1.29 is 0 Å². The number of nitrogens with two attached hydrogens (primary N) is 1. The highest BCUT2D eigenvalue weighted by atomic mass is 35.5. The van der Waals surface area contributed by atoms with Crippen LogP contribution in [0.4, 0.5) is 0 Å². The van der Waals surface area contributed by atoms with Crippen molar-refractivity contribution in [3.05, 3.63) is 57.2 Å². The highest BCUT2D eigenvalue weighted by Crippen LogP contribution is 2.20. The van der Waals surface area contributed by atoms with Crippen LogP contribution in [-0.2, 0) is 6.42 Å². The molecule has 3 N–H and O–H groups in total. The number of halogens is 1. The van der Waals surface area contributed by atoms with Crippen LogP contribution in [-0.4, -0.2) is 0 Å². The van der Waals surface area contributed by atoms with Crippen molar-refractivity contribution in [2.24, 2.45) is 5.84 Å². The summed E-state index contributed by atoms with van der Waals surface area (Å²) in [5, 5.41) is 4.96. The van der Waals surface area contributed by atoms with Crippen molar-refractivity contribution in [2.45, 2.75) is 12.5 Å². The van der Waals surface area contributed by atoms with Gasteiger partial charge >= 0.3 is 0 Å². The van der Waals surface area contributed by atoms with E-state index in [1.807, 2.05) is 24.3 Å². The fourth-order valence-corrected chi connectivity index (χ4v) is 2.42. The summed E-state index contributed by atoms with van der Waals surface area (Å²) in [6.45, 7) is 0. The first kappa shape index (κ1) is 11.6. The minimum atomic E-state index is 0.131. The number of benzene rings is 1. The lowest BCUT2D eigenvalue weighted by Crippen LogP contribution is -2.29. The first-order valence-corrected chi connectivity index (χ1v) is 6.34. The van der Waals surface area contributed by atoms with E-state index in [1.54, 1.807) is 11.3 Å². The fourth-order valence-electron chi connectivity index (χ4n) is 1.61. The molecule has 1 aromatic heterocycles. The van der Waals surface area contributed by atoms with Gasteiger partial charge in [-0.1, -0.05) is 23.7 Å². The second-order valence-corrected chi connectivity index (χ2v) is 4.82. The molecule has 2 rings (SSSR count). The van der Waals surface area contributed by atoms with Crippen molar-refractivity contribution in [1.82, 2.24) is 5.43 Å². The number of hydrazine groups is 1. The van der Waals surface area contributed by atoms with Crippen LogP contribution < -0.4 is 11.3 Å². The molecular weight excluding hydrogens is 240 g/mol. The summed E-state index contributed by atoms with van der Waals surface area (Å²) in [7, 11) is 0. The van der Waals surface area contributed by atoms with Gasteiger partial charge in [0.2, 0.25) is 0 Å². The van der Waals surface area contributed by atoms with E-state index >= 15 is 0 Å². The van der Waals surface area contributed by atoms with Gasteiger partial charge in [0.05, 0.1) is 6.04 Å². The molecule has 16 heavy (non-hydrogen) atoms. The van der Waals surface area contributed by atoms with Gasteiger partial charge in [-0.25, -0.2) is 0 Å². The third kappa shape index (κ3) is 2.83. The summed E-state index contributed by atoms with van der Waals surface area (Å²) < 4.78 is 0. The van der Waals surface area contributed by atoms with Crippen molar-refractivity contribution in [3.8, 4) is 0 Å².